The van der Waals surface area contributed by atoms with Crippen molar-refractivity contribution in [3.05, 3.63) is 35.4 Å². The first-order valence-electron chi connectivity index (χ1n) is 7.65. The quantitative estimate of drug-likeness (QED) is 0.770. The number of benzene rings is 1. The van der Waals surface area contributed by atoms with Crippen molar-refractivity contribution in [1.29, 1.82) is 0 Å². The first kappa shape index (κ1) is 12.8. The van der Waals surface area contributed by atoms with Crippen molar-refractivity contribution in [1.82, 2.24) is 4.81 Å². The summed E-state index contributed by atoms with van der Waals surface area (Å²) in [7, 11) is 0. The number of nitrogens with zero attached hydrogens (tertiary/aromatic N) is 1. The van der Waals surface area contributed by atoms with E-state index in [1.165, 1.54) is 11.1 Å². The lowest BCUT2D eigenvalue weighted by Gasteiger charge is -2.51. The second kappa shape index (κ2) is 4.56. The summed E-state index contributed by atoms with van der Waals surface area (Å²) in [4.78, 5) is 2.37. The Kier molecular flexibility index (Phi) is 2.93. The predicted octanol–water partition coefficient (Wildman–Crippen LogP) is 1.84. The van der Waals surface area contributed by atoms with Crippen LogP contribution in [0.4, 0.5) is 0 Å². The van der Waals surface area contributed by atoms with Gasteiger partial charge in [-0.1, -0.05) is 29.8 Å². The Hall–Kier alpha value is -0.875. The van der Waals surface area contributed by atoms with Crippen LogP contribution in [0, 0.1) is 6.92 Å². The molecule has 3 saturated heterocycles. The fourth-order valence-electron chi connectivity index (χ4n) is 4.16. The second-order valence-electron chi connectivity index (χ2n) is 6.16. The number of ether oxygens (including phenoxy) is 1. The summed E-state index contributed by atoms with van der Waals surface area (Å²) < 4.78 is 18.6. The topological polar surface area (TPSA) is 30.9 Å². The number of fused-ring (bicyclic) bond motifs is 1. The molecule has 1 aromatic rings. The Bertz CT molecular complexity index is 488. The summed E-state index contributed by atoms with van der Waals surface area (Å²) in [6.45, 7) is 4.81. The lowest BCUT2D eigenvalue weighted by atomic mass is 9.50. The number of hydrogen-bond acceptors (Lipinski definition) is 4. The van der Waals surface area contributed by atoms with Crippen molar-refractivity contribution in [2.75, 3.05) is 32.9 Å². The minimum atomic E-state index is -1.50. The molecule has 3 heterocycles. The van der Waals surface area contributed by atoms with Gasteiger partial charge >= 0.3 is 6.69 Å². The summed E-state index contributed by atoms with van der Waals surface area (Å²) in [6.07, 6.45) is 2.05. The Balaban J connectivity index is 1.82. The third-order valence-electron chi connectivity index (χ3n) is 5.11. The zero-order valence-electron chi connectivity index (χ0n) is 12.0. The molecule has 1 unspecified atom stereocenters. The van der Waals surface area contributed by atoms with Crippen LogP contribution in [-0.4, -0.2) is 44.4 Å². The lowest BCUT2D eigenvalue weighted by molar-refractivity contribution is 0.0115. The van der Waals surface area contributed by atoms with E-state index in [0.29, 0.717) is 0 Å². The SMILES string of the molecule is Cc1ccc(C2([B-]34OCCN3CCO4)CCCO2)cc1. The third kappa shape index (κ3) is 1.58. The summed E-state index contributed by atoms with van der Waals surface area (Å²) in [5.41, 5.74) is 2.05. The van der Waals surface area contributed by atoms with Crippen LogP contribution in [0.2, 0.25) is 0 Å². The predicted molar refractivity (Wildman–Crippen MR) is 77.3 cm³/mol. The average molecular weight is 274 g/mol. The van der Waals surface area contributed by atoms with Crippen molar-refractivity contribution in [2.24, 2.45) is 0 Å². The molecule has 0 amide bonds. The fraction of sp³-hybridized carbons (Fsp3) is 0.600. The van der Waals surface area contributed by atoms with Crippen molar-refractivity contribution in [3.8, 4) is 0 Å². The van der Waals surface area contributed by atoms with Crippen LogP contribution in [0.15, 0.2) is 24.3 Å². The van der Waals surface area contributed by atoms with Crippen molar-refractivity contribution >= 4 is 6.69 Å². The zero-order valence-corrected chi connectivity index (χ0v) is 12.0. The van der Waals surface area contributed by atoms with E-state index < -0.39 is 12.2 Å². The minimum Gasteiger partial charge on any atom is -0.552 e. The molecule has 1 aromatic carbocycles. The van der Waals surface area contributed by atoms with Gasteiger partial charge in [-0.15, -0.1) is 0 Å². The molecule has 1 atom stereocenters. The van der Waals surface area contributed by atoms with E-state index in [2.05, 4.69) is 36.0 Å². The normalized spacial score (nSPS) is 32.6. The van der Waals surface area contributed by atoms with Crippen LogP contribution in [0.25, 0.3) is 0 Å². The molecule has 4 nitrogen and oxygen atoms in total. The minimum absolute atomic E-state index is 0.416. The third-order valence-corrected chi connectivity index (χ3v) is 5.11. The Morgan fingerprint density at radius 3 is 2.35 bits per heavy atom. The Morgan fingerprint density at radius 2 is 1.75 bits per heavy atom. The van der Waals surface area contributed by atoms with Crippen molar-refractivity contribution in [2.45, 2.75) is 25.3 Å². The van der Waals surface area contributed by atoms with Gasteiger partial charge in [0.15, 0.2) is 0 Å². The highest BCUT2D eigenvalue weighted by Gasteiger charge is 2.60. The highest BCUT2D eigenvalue weighted by Crippen LogP contribution is 2.49. The van der Waals surface area contributed by atoms with Gasteiger partial charge in [0.05, 0.1) is 0 Å². The first-order chi connectivity index (χ1) is 9.77. The number of rotatable bonds is 2. The lowest BCUT2D eigenvalue weighted by Crippen LogP contribution is -2.64. The molecule has 0 aliphatic carbocycles. The van der Waals surface area contributed by atoms with Gasteiger partial charge in [-0.3, -0.25) is 0 Å². The van der Waals surface area contributed by atoms with E-state index in [1.807, 2.05) is 0 Å². The molecule has 0 aromatic heterocycles. The molecule has 0 bridgehead atoms. The average Bonchev–Trinajstić information content (AvgIpc) is 3.14. The molecule has 5 heteroatoms. The molecule has 20 heavy (non-hydrogen) atoms. The van der Waals surface area contributed by atoms with Crippen LogP contribution in [0.5, 0.6) is 0 Å². The molecular weight excluding hydrogens is 253 g/mol. The highest BCUT2D eigenvalue weighted by atomic mass is 16.7. The van der Waals surface area contributed by atoms with Gasteiger partial charge in [0.1, 0.15) is 0 Å². The van der Waals surface area contributed by atoms with Crippen LogP contribution < -0.4 is 0 Å². The van der Waals surface area contributed by atoms with Gasteiger partial charge < -0.3 is 18.9 Å². The maximum Gasteiger partial charge on any atom is 0.353 e. The van der Waals surface area contributed by atoms with Gasteiger partial charge in [0.2, 0.25) is 0 Å². The summed E-state index contributed by atoms with van der Waals surface area (Å²) in [6, 6.07) is 8.66. The molecule has 0 N–H and O–H groups in total. The van der Waals surface area contributed by atoms with Gasteiger partial charge in [-0.05, 0) is 38.4 Å². The van der Waals surface area contributed by atoms with Gasteiger partial charge in [0, 0.05) is 25.3 Å². The van der Waals surface area contributed by atoms with E-state index >= 15 is 0 Å². The largest absolute Gasteiger partial charge is 0.552 e. The molecule has 0 saturated carbocycles. The molecule has 108 valence electrons. The molecule has 4 rings (SSSR count). The second-order valence-corrected chi connectivity index (χ2v) is 6.16. The summed E-state index contributed by atoms with van der Waals surface area (Å²) >= 11 is 0. The maximum absolute atomic E-state index is 6.29. The van der Waals surface area contributed by atoms with Gasteiger partial charge in [-0.25, -0.2) is 0 Å². The molecule has 0 radical (unpaired) electrons. The van der Waals surface area contributed by atoms with Gasteiger partial charge in [-0.2, -0.15) is 0 Å². The zero-order chi connectivity index (χ0) is 13.6. The van der Waals surface area contributed by atoms with Gasteiger partial charge in [0.25, 0.3) is 0 Å². The fourth-order valence-corrected chi connectivity index (χ4v) is 4.16. The number of hydrogen-bond donors (Lipinski definition) is 0. The number of aryl methyl sites for hydroxylation is 1. The molecule has 3 fully saturated rings. The van der Waals surface area contributed by atoms with Crippen molar-refractivity contribution < 1.29 is 14.0 Å². The van der Waals surface area contributed by atoms with Crippen LogP contribution >= 0.6 is 0 Å². The Morgan fingerprint density at radius 1 is 1.05 bits per heavy atom. The summed E-state index contributed by atoms with van der Waals surface area (Å²) in [5.74, 6) is 0. The van der Waals surface area contributed by atoms with E-state index in [9.17, 15) is 0 Å². The molecule has 3 aliphatic heterocycles. The molecule has 0 spiro atoms. The Labute approximate surface area is 120 Å². The summed E-state index contributed by atoms with van der Waals surface area (Å²) in [5, 5.41) is 0. The molecule has 3 aliphatic rings. The molecular formula is C15H21BNO3-. The van der Waals surface area contributed by atoms with Crippen LogP contribution in [0.1, 0.15) is 24.0 Å². The van der Waals surface area contributed by atoms with E-state index in [0.717, 1.165) is 45.8 Å². The standard InChI is InChI=1S/C15H21BNO3/c1-13-3-5-14(6-4-13)15(7-2-10-18-15)16-17(8-11-19-16)9-12-20-16/h3-6H,2,7-12H2,1H3/q-1. The first-order valence-corrected chi connectivity index (χ1v) is 7.65. The van der Waals surface area contributed by atoms with E-state index in [1.54, 1.807) is 0 Å². The van der Waals surface area contributed by atoms with Crippen LogP contribution in [-0.2, 0) is 19.5 Å². The smallest absolute Gasteiger partial charge is 0.353 e. The monoisotopic (exact) mass is 274 g/mol. The van der Waals surface area contributed by atoms with Crippen molar-refractivity contribution in [3.63, 3.8) is 0 Å². The van der Waals surface area contributed by atoms with E-state index in [4.69, 9.17) is 14.0 Å². The van der Waals surface area contributed by atoms with Crippen LogP contribution in [0.3, 0.4) is 0 Å². The highest BCUT2D eigenvalue weighted by molar-refractivity contribution is 6.68. The van der Waals surface area contributed by atoms with E-state index in [-0.39, 0.29) is 0 Å². The maximum atomic E-state index is 6.29.